The monoisotopic (exact) mass is 412 g/mol. The van der Waals surface area contributed by atoms with Gasteiger partial charge in [0, 0.05) is 45.0 Å². The van der Waals surface area contributed by atoms with E-state index in [0.717, 1.165) is 52.0 Å². The molecule has 3 N–H and O–H groups in total. The van der Waals surface area contributed by atoms with E-state index in [9.17, 15) is 9.59 Å². The fraction of sp³-hybridized carbons (Fsp3) is 0.737. The smallest absolute Gasteiger partial charge is 0.254 e. The van der Waals surface area contributed by atoms with Gasteiger partial charge in [-0.3, -0.25) is 14.3 Å². The van der Waals surface area contributed by atoms with Crippen LogP contribution in [-0.4, -0.2) is 71.8 Å². The van der Waals surface area contributed by atoms with E-state index in [4.69, 9.17) is 0 Å². The maximum Gasteiger partial charge on any atom is 0.254 e. The van der Waals surface area contributed by atoms with Crippen molar-refractivity contribution < 1.29 is 9.59 Å². The number of amides is 2. The van der Waals surface area contributed by atoms with Crippen molar-refractivity contribution in [3.05, 3.63) is 18.0 Å². The molecule has 3 rings (SSSR count). The Hall–Kier alpha value is -1.64. The molecule has 9 heteroatoms. The minimum Gasteiger partial charge on any atom is -0.352 e. The van der Waals surface area contributed by atoms with E-state index in [-0.39, 0.29) is 30.8 Å². The summed E-state index contributed by atoms with van der Waals surface area (Å²) >= 11 is 0. The second-order valence-corrected chi connectivity index (χ2v) is 7.53. The number of nitrogens with zero attached hydrogens (tertiary/aromatic N) is 3. The Morgan fingerprint density at radius 2 is 1.93 bits per heavy atom. The number of nitrogens with one attached hydrogen (secondary N) is 3. The van der Waals surface area contributed by atoms with Crippen molar-refractivity contribution in [3.8, 4) is 0 Å². The van der Waals surface area contributed by atoms with E-state index < -0.39 is 0 Å². The van der Waals surface area contributed by atoms with Gasteiger partial charge in [0.15, 0.2) is 0 Å². The van der Waals surface area contributed by atoms with Crippen LogP contribution >= 0.6 is 12.4 Å². The molecule has 0 atom stereocenters. The van der Waals surface area contributed by atoms with Crippen LogP contribution in [0, 0.1) is 0 Å². The molecule has 0 aromatic carbocycles. The lowest BCUT2D eigenvalue weighted by molar-refractivity contribution is -0.122. The summed E-state index contributed by atoms with van der Waals surface area (Å²) in [6.45, 7) is 6.04. The molecular weight excluding hydrogens is 380 g/mol. The van der Waals surface area contributed by atoms with Crippen LogP contribution in [0.25, 0.3) is 0 Å². The maximum absolute atomic E-state index is 12.2. The average Bonchev–Trinajstić information content (AvgIpc) is 3.15. The molecule has 0 unspecified atom stereocenters. The number of hydrogen-bond donors (Lipinski definition) is 3. The number of hydrogen-bond acceptors (Lipinski definition) is 5. The normalized spacial score (nSPS) is 18.3. The SMILES string of the molecule is Cl.O=C(Cn1cc(C(=O)NCCCN2CCNCC2)cn1)NC1CCCCC1. The highest BCUT2D eigenvalue weighted by Gasteiger charge is 2.16. The molecule has 8 nitrogen and oxygen atoms in total. The van der Waals surface area contributed by atoms with Gasteiger partial charge in [0.05, 0.1) is 11.8 Å². The zero-order chi connectivity index (χ0) is 18.9. The fourth-order valence-corrected chi connectivity index (χ4v) is 3.78. The lowest BCUT2D eigenvalue weighted by Gasteiger charge is -2.27. The molecule has 1 aromatic heterocycles. The minimum absolute atomic E-state index is 0. The molecule has 0 radical (unpaired) electrons. The van der Waals surface area contributed by atoms with Crippen molar-refractivity contribution in [1.29, 1.82) is 0 Å². The molecule has 2 fully saturated rings. The summed E-state index contributed by atoms with van der Waals surface area (Å²) in [6.07, 6.45) is 9.87. The molecule has 28 heavy (non-hydrogen) atoms. The van der Waals surface area contributed by atoms with Gasteiger partial charge in [0.1, 0.15) is 6.54 Å². The van der Waals surface area contributed by atoms with Gasteiger partial charge in [-0.25, -0.2) is 0 Å². The quantitative estimate of drug-likeness (QED) is 0.549. The Labute approximate surface area is 173 Å². The Morgan fingerprint density at radius 3 is 2.68 bits per heavy atom. The lowest BCUT2D eigenvalue weighted by atomic mass is 9.95. The van der Waals surface area contributed by atoms with Gasteiger partial charge in [-0.05, 0) is 25.8 Å². The topological polar surface area (TPSA) is 91.3 Å². The molecule has 2 aliphatic rings. The highest BCUT2D eigenvalue weighted by Crippen LogP contribution is 2.17. The molecule has 1 saturated heterocycles. The number of carbonyl (C=O) groups is 2. The Balaban J connectivity index is 0.00000280. The average molecular weight is 413 g/mol. The first-order chi connectivity index (χ1) is 13.2. The number of rotatable bonds is 8. The molecule has 1 saturated carbocycles. The van der Waals surface area contributed by atoms with Gasteiger partial charge >= 0.3 is 0 Å². The van der Waals surface area contributed by atoms with Crippen molar-refractivity contribution in [2.45, 2.75) is 51.1 Å². The molecule has 2 amide bonds. The molecular formula is C19H33ClN6O2. The summed E-state index contributed by atoms with van der Waals surface area (Å²) in [5, 5.41) is 13.5. The van der Waals surface area contributed by atoms with Crippen LogP contribution in [0.1, 0.15) is 48.9 Å². The Morgan fingerprint density at radius 1 is 1.18 bits per heavy atom. The summed E-state index contributed by atoms with van der Waals surface area (Å²) in [4.78, 5) is 26.8. The minimum atomic E-state index is -0.130. The van der Waals surface area contributed by atoms with Crippen molar-refractivity contribution >= 4 is 24.2 Å². The second kappa shape index (κ2) is 12.0. The molecule has 2 heterocycles. The third-order valence-electron chi connectivity index (χ3n) is 5.32. The zero-order valence-electron chi connectivity index (χ0n) is 16.5. The first kappa shape index (κ1) is 22.6. The zero-order valence-corrected chi connectivity index (χ0v) is 17.3. The van der Waals surface area contributed by atoms with E-state index in [0.29, 0.717) is 18.2 Å². The van der Waals surface area contributed by atoms with Crippen molar-refractivity contribution in [2.24, 2.45) is 0 Å². The van der Waals surface area contributed by atoms with Crippen LogP contribution in [-0.2, 0) is 11.3 Å². The number of halogens is 1. The summed E-state index contributed by atoms with van der Waals surface area (Å²) in [5.74, 6) is -0.165. The van der Waals surface area contributed by atoms with Crippen molar-refractivity contribution in [3.63, 3.8) is 0 Å². The van der Waals surface area contributed by atoms with Gasteiger partial charge in [-0.1, -0.05) is 19.3 Å². The molecule has 0 spiro atoms. The lowest BCUT2D eigenvalue weighted by Crippen LogP contribution is -2.44. The first-order valence-electron chi connectivity index (χ1n) is 10.2. The number of aromatic nitrogens is 2. The van der Waals surface area contributed by atoms with Gasteiger partial charge < -0.3 is 20.9 Å². The molecule has 158 valence electrons. The third-order valence-corrected chi connectivity index (χ3v) is 5.32. The van der Waals surface area contributed by atoms with E-state index in [1.165, 1.54) is 30.1 Å². The maximum atomic E-state index is 12.2. The highest BCUT2D eigenvalue weighted by atomic mass is 35.5. The molecule has 1 aromatic rings. The van der Waals surface area contributed by atoms with Crippen LogP contribution in [0.4, 0.5) is 0 Å². The third kappa shape index (κ3) is 7.41. The predicted molar refractivity (Wildman–Crippen MR) is 111 cm³/mol. The van der Waals surface area contributed by atoms with Gasteiger partial charge in [0.25, 0.3) is 5.91 Å². The molecule has 0 bridgehead atoms. The van der Waals surface area contributed by atoms with Gasteiger partial charge in [0.2, 0.25) is 5.91 Å². The highest BCUT2D eigenvalue weighted by molar-refractivity contribution is 5.93. The van der Waals surface area contributed by atoms with E-state index in [1.807, 2.05) is 0 Å². The standard InChI is InChI=1S/C19H32N6O2.ClH/c26-18(23-17-5-2-1-3-6-17)15-25-14-16(13-22-25)19(27)21-7-4-10-24-11-8-20-9-12-24;/h13-14,17,20H,1-12,15H2,(H,21,27)(H,23,26);1H. The number of piperazine rings is 1. The van der Waals surface area contributed by atoms with Crippen LogP contribution in [0.3, 0.4) is 0 Å². The molecule has 1 aliphatic heterocycles. The Bertz CT molecular complexity index is 611. The predicted octanol–water partition coefficient (Wildman–Crippen LogP) is 0.779. The summed E-state index contributed by atoms with van der Waals surface area (Å²) in [6, 6.07) is 0.292. The molecule has 1 aliphatic carbocycles. The summed E-state index contributed by atoms with van der Waals surface area (Å²) in [5.41, 5.74) is 0.502. The van der Waals surface area contributed by atoms with Crippen molar-refractivity contribution in [1.82, 2.24) is 30.6 Å². The van der Waals surface area contributed by atoms with E-state index in [1.54, 1.807) is 6.20 Å². The first-order valence-corrected chi connectivity index (χ1v) is 10.2. The van der Waals surface area contributed by atoms with E-state index >= 15 is 0 Å². The van der Waals surface area contributed by atoms with Crippen LogP contribution in [0.15, 0.2) is 12.4 Å². The number of carbonyl (C=O) groups excluding carboxylic acids is 2. The van der Waals surface area contributed by atoms with E-state index in [2.05, 4.69) is 25.9 Å². The second-order valence-electron chi connectivity index (χ2n) is 7.53. The summed E-state index contributed by atoms with van der Waals surface area (Å²) < 4.78 is 1.54. The van der Waals surface area contributed by atoms with Crippen LogP contribution in [0.2, 0.25) is 0 Å². The van der Waals surface area contributed by atoms with Crippen molar-refractivity contribution in [2.75, 3.05) is 39.3 Å². The van der Waals surface area contributed by atoms with Gasteiger partial charge in [-0.2, -0.15) is 5.10 Å². The Kier molecular flexibility index (Phi) is 9.73. The van der Waals surface area contributed by atoms with Crippen LogP contribution in [0.5, 0.6) is 0 Å². The summed E-state index contributed by atoms with van der Waals surface area (Å²) in [7, 11) is 0. The van der Waals surface area contributed by atoms with Crippen LogP contribution < -0.4 is 16.0 Å². The fourth-order valence-electron chi connectivity index (χ4n) is 3.78. The largest absolute Gasteiger partial charge is 0.352 e. The van der Waals surface area contributed by atoms with Gasteiger partial charge in [-0.15, -0.1) is 12.4 Å².